The maximum atomic E-state index is 2.76. The van der Waals surface area contributed by atoms with Crippen molar-refractivity contribution in [1.29, 1.82) is 0 Å². The smallest absolute Gasteiger partial charge is 0.0556 e. The van der Waals surface area contributed by atoms with Gasteiger partial charge in [0, 0.05) is 95.7 Å². The van der Waals surface area contributed by atoms with E-state index in [0.717, 1.165) is 89.9 Å². The van der Waals surface area contributed by atoms with Crippen LogP contribution in [0.15, 0.2) is 211 Å². The first-order valence-corrected chi connectivity index (χ1v) is 34.6. The highest BCUT2D eigenvalue weighted by molar-refractivity contribution is 7.27. The van der Waals surface area contributed by atoms with Crippen LogP contribution in [0.5, 0.6) is 0 Å². The van der Waals surface area contributed by atoms with E-state index < -0.39 is 0 Å². The van der Waals surface area contributed by atoms with Crippen LogP contribution in [-0.4, -0.2) is 27.9 Å². The van der Waals surface area contributed by atoms with Crippen LogP contribution in [0.25, 0.3) is 52.5 Å². The molecule has 0 saturated heterocycles. The van der Waals surface area contributed by atoms with Gasteiger partial charge in [0.25, 0.3) is 0 Å². The predicted molar refractivity (Wildman–Crippen MR) is 370 cm³/mol. The molecular formula is C78H83N3S3. The number of nitrogens with zero attached hydrogens (tertiary/aromatic N) is 3. The molecule has 7 aliphatic rings. The Hall–Kier alpha value is -6.70. The van der Waals surface area contributed by atoms with Gasteiger partial charge in [-0.2, -0.15) is 0 Å². The Balaban J connectivity index is 1.03. The maximum Gasteiger partial charge on any atom is 0.0556 e. The number of thiophene rings is 3. The first kappa shape index (κ1) is 56.4. The fourth-order valence-electron chi connectivity index (χ4n) is 14.1. The van der Waals surface area contributed by atoms with Gasteiger partial charge in [-0.3, -0.25) is 0 Å². The summed E-state index contributed by atoms with van der Waals surface area (Å²) in [5.74, 6) is 0. The van der Waals surface area contributed by atoms with Crippen LogP contribution in [0.4, 0.5) is 11.4 Å². The van der Waals surface area contributed by atoms with E-state index in [1.807, 2.05) is 0 Å². The van der Waals surface area contributed by atoms with Crippen LogP contribution in [0.2, 0.25) is 0 Å². The van der Waals surface area contributed by atoms with Gasteiger partial charge in [-0.05, 0) is 174 Å². The number of para-hydroxylation sites is 1. The highest BCUT2D eigenvalue weighted by Gasteiger charge is 2.33. The number of unbranched alkanes of at least 4 members (excludes halogenated alkanes) is 3. The lowest BCUT2D eigenvalue weighted by Gasteiger charge is -2.41. The minimum atomic E-state index is 0.302. The van der Waals surface area contributed by atoms with Gasteiger partial charge >= 0.3 is 0 Å². The molecule has 6 heteroatoms. The van der Waals surface area contributed by atoms with Crippen molar-refractivity contribution in [2.75, 3.05) is 4.90 Å². The van der Waals surface area contributed by atoms with Crippen molar-refractivity contribution >= 4 is 86.8 Å². The maximum absolute atomic E-state index is 2.76. The monoisotopic (exact) mass is 1160 g/mol. The number of aryl methyl sites for hydroxylation is 3. The third-order valence-electron chi connectivity index (χ3n) is 18.2. The molecule has 3 aromatic heterocycles. The summed E-state index contributed by atoms with van der Waals surface area (Å²) in [5.41, 5.74) is 16.7. The lowest BCUT2D eigenvalue weighted by atomic mass is 9.88. The van der Waals surface area contributed by atoms with Gasteiger partial charge in [0.15, 0.2) is 0 Å². The number of fused-ring (bicyclic) bond motifs is 6. The molecule has 7 aliphatic carbocycles. The van der Waals surface area contributed by atoms with Crippen LogP contribution in [0, 0.1) is 0 Å². The summed E-state index contributed by atoms with van der Waals surface area (Å²) < 4.78 is 4.54. The van der Waals surface area contributed by atoms with Crippen molar-refractivity contribution in [3.63, 3.8) is 0 Å². The molecule has 0 N–H and O–H groups in total. The molecule has 428 valence electrons. The van der Waals surface area contributed by atoms with Crippen LogP contribution >= 0.6 is 34.0 Å². The first-order chi connectivity index (χ1) is 41.6. The highest BCUT2D eigenvalue weighted by Crippen LogP contribution is 2.57. The largest absolute Gasteiger partial charge is 0.361 e. The molecular weight excluding hydrogens is 1080 g/mol. The molecule has 3 aromatic carbocycles. The molecule has 3 heterocycles. The standard InChI is InChI=1S/C78H83N3S3/c1-4-7-40-67-70(55-43-49-64(50-44-55)79(58-28-16-10-17-29-58)59-30-18-11-19-31-59)73-76(82-67)74-71(56-45-51-65(52-46-56)80(60-32-20-12-21-33-60)61-34-22-13-23-35-61)68(41-8-5-2)84-78(74)75-72(69(42-9-6-3)83-77(73)75)57-47-53-66(54-48-57)81(62-36-24-14-25-37-62)63-38-26-15-27-39-63/h10-12,14,16-18,20-22,24-26,28,30,32-36,38-39,43-47,49,51-53,58,62,64H,4-9,13,15,19,23,27,29,31,37,40-42,48,50,54H2,1-3H3. The Morgan fingerprint density at radius 3 is 1.63 bits per heavy atom. The molecule has 0 amide bonds. The zero-order valence-electron chi connectivity index (χ0n) is 49.8. The molecule has 0 fully saturated rings. The normalized spacial score (nSPS) is 20.2. The minimum absolute atomic E-state index is 0.302. The van der Waals surface area contributed by atoms with Gasteiger partial charge in [0.05, 0.1) is 18.1 Å². The van der Waals surface area contributed by atoms with E-state index in [-0.39, 0.29) is 0 Å². The zero-order valence-corrected chi connectivity index (χ0v) is 52.3. The summed E-state index contributed by atoms with van der Waals surface area (Å²) in [7, 11) is 0. The third kappa shape index (κ3) is 11.4. The van der Waals surface area contributed by atoms with Gasteiger partial charge in [-0.1, -0.05) is 180 Å². The number of allylic oxidation sites excluding steroid dienone is 20. The molecule has 3 atom stereocenters. The lowest BCUT2D eigenvalue weighted by Crippen LogP contribution is -2.41. The highest BCUT2D eigenvalue weighted by atomic mass is 32.1. The number of rotatable bonds is 21. The molecule has 3 nitrogen and oxygen atoms in total. The van der Waals surface area contributed by atoms with E-state index in [2.05, 4.69) is 258 Å². The van der Waals surface area contributed by atoms with Crippen LogP contribution in [-0.2, 0) is 19.3 Å². The number of anilines is 2. The second-order valence-corrected chi connectivity index (χ2v) is 27.2. The van der Waals surface area contributed by atoms with Gasteiger partial charge in [0.1, 0.15) is 0 Å². The Bertz CT molecular complexity index is 3860. The van der Waals surface area contributed by atoms with Crippen LogP contribution < -0.4 is 4.90 Å². The minimum Gasteiger partial charge on any atom is -0.361 e. The average molecular weight is 1160 g/mol. The molecule has 0 aliphatic heterocycles. The average Bonchev–Trinajstić information content (AvgIpc) is 3.34. The van der Waals surface area contributed by atoms with Crippen molar-refractivity contribution in [2.45, 2.75) is 167 Å². The van der Waals surface area contributed by atoms with Gasteiger partial charge in [0.2, 0.25) is 0 Å². The molecule has 3 unspecified atom stereocenters. The van der Waals surface area contributed by atoms with Crippen LogP contribution in [0.3, 0.4) is 0 Å². The van der Waals surface area contributed by atoms with Crippen LogP contribution in [0.1, 0.15) is 156 Å². The summed E-state index contributed by atoms with van der Waals surface area (Å²) in [6.07, 6.45) is 74.8. The van der Waals surface area contributed by atoms with E-state index in [9.17, 15) is 0 Å². The Morgan fingerprint density at radius 2 is 1.06 bits per heavy atom. The van der Waals surface area contributed by atoms with Crippen molar-refractivity contribution < 1.29 is 0 Å². The summed E-state index contributed by atoms with van der Waals surface area (Å²) in [6, 6.07) is 21.7. The lowest BCUT2D eigenvalue weighted by molar-refractivity contribution is 0.237. The third-order valence-corrected chi connectivity index (χ3v) is 22.0. The molecule has 0 spiro atoms. The number of benzene rings is 3. The molecule has 84 heavy (non-hydrogen) atoms. The Kier molecular flexibility index (Phi) is 17.7. The quantitative estimate of drug-likeness (QED) is 0.0711. The Morgan fingerprint density at radius 1 is 0.452 bits per heavy atom. The predicted octanol–water partition coefficient (Wildman–Crippen LogP) is 23.0. The summed E-state index contributed by atoms with van der Waals surface area (Å²) in [4.78, 5) is 12.6. The zero-order chi connectivity index (χ0) is 56.8. The number of hydrogen-bond acceptors (Lipinski definition) is 6. The molecule has 0 saturated carbocycles. The van der Waals surface area contributed by atoms with Crippen molar-refractivity contribution in [1.82, 2.24) is 9.80 Å². The SMILES string of the molecule is CCCCc1sc2c(c1C1=CCC(N(C3=CC=CCC3)C3C=CC=CC3)C=C1)c1sc(CCCC)c(C3=CC=C(N(C4=CCCC=C4)C4C=CC=CC4)CC3)c1c1sc(CCCC)c(-c3ccc(N(C4=CCCC=C4)c4ccccc4)cc3)c21. The van der Waals surface area contributed by atoms with Crippen molar-refractivity contribution in [2.24, 2.45) is 0 Å². The summed E-state index contributed by atoms with van der Waals surface area (Å²) in [6.45, 7) is 7.13. The van der Waals surface area contributed by atoms with E-state index >= 15 is 0 Å². The molecule has 0 radical (unpaired) electrons. The topological polar surface area (TPSA) is 9.72 Å². The van der Waals surface area contributed by atoms with Gasteiger partial charge in [-0.25, -0.2) is 0 Å². The molecule has 6 aromatic rings. The Labute approximate surface area is 513 Å². The fourth-order valence-corrected chi connectivity index (χ4v) is 18.6. The number of hydrogen-bond donors (Lipinski definition) is 0. The molecule has 13 rings (SSSR count). The van der Waals surface area contributed by atoms with Gasteiger partial charge in [-0.15, -0.1) is 34.0 Å². The van der Waals surface area contributed by atoms with Crippen molar-refractivity contribution in [3.05, 3.63) is 237 Å². The first-order valence-electron chi connectivity index (χ1n) is 32.2. The van der Waals surface area contributed by atoms with E-state index in [4.69, 9.17) is 0 Å². The van der Waals surface area contributed by atoms with E-state index in [1.54, 1.807) is 20.2 Å². The summed E-state index contributed by atoms with van der Waals surface area (Å²) in [5, 5.41) is 4.55. The van der Waals surface area contributed by atoms with Gasteiger partial charge < -0.3 is 14.7 Å². The second-order valence-electron chi connectivity index (χ2n) is 23.9. The van der Waals surface area contributed by atoms with E-state index in [0.29, 0.717) is 18.1 Å². The molecule has 0 bridgehead atoms. The second kappa shape index (κ2) is 26.3. The summed E-state index contributed by atoms with van der Waals surface area (Å²) >= 11 is 6.45. The van der Waals surface area contributed by atoms with E-state index in [1.165, 1.54) is 131 Å². The fraction of sp³-hybridized carbons (Fsp3) is 0.333. The van der Waals surface area contributed by atoms with Crippen molar-refractivity contribution in [3.8, 4) is 11.1 Å².